The minimum Gasteiger partial charge on any atom is -0.493 e. The van der Waals surface area contributed by atoms with Crippen molar-refractivity contribution in [2.45, 2.75) is 13.5 Å². The van der Waals surface area contributed by atoms with Crippen molar-refractivity contribution in [3.05, 3.63) is 48.0 Å². The zero-order chi connectivity index (χ0) is 15.2. The van der Waals surface area contributed by atoms with Crippen LogP contribution in [0.5, 0.6) is 11.5 Å². The highest BCUT2D eigenvalue weighted by Crippen LogP contribution is 2.29. The number of methoxy groups -OCH3 is 2. The topological polar surface area (TPSA) is 47.7 Å². The fourth-order valence-corrected chi connectivity index (χ4v) is 2.31. The number of anilines is 2. The van der Waals surface area contributed by atoms with Gasteiger partial charge in [-0.25, -0.2) is 0 Å². The molecule has 0 spiro atoms. The van der Waals surface area contributed by atoms with E-state index < -0.39 is 0 Å². The molecule has 0 atom stereocenters. The van der Waals surface area contributed by atoms with E-state index in [0.29, 0.717) is 0 Å². The molecular formula is C17H22N2O2. The lowest BCUT2D eigenvalue weighted by atomic mass is 10.1. The average Bonchev–Trinajstić information content (AvgIpc) is 2.52. The van der Waals surface area contributed by atoms with Crippen molar-refractivity contribution in [3.63, 3.8) is 0 Å². The molecule has 0 fully saturated rings. The summed E-state index contributed by atoms with van der Waals surface area (Å²) in [4.78, 5) is 2.26. The first-order valence-corrected chi connectivity index (χ1v) is 6.99. The summed E-state index contributed by atoms with van der Waals surface area (Å²) in [5.74, 6) is 1.49. The molecule has 2 rings (SSSR count). The van der Waals surface area contributed by atoms with Crippen molar-refractivity contribution < 1.29 is 9.47 Å². The van der Waals surface area contributed by atoms with Gasteiger partial charge in [0.1, 0.15) is 0 Å². The van der Waals surface area contributed by atoms with E-state index in [1.165, 1.54) is 0 Å². The standard InChI is InChI=1S/C17H22N2O2/c1-4-19(15-7-5-6-14(18)11-15)12-13-8-9-16(20-2)17(10-13)21-3/h5-11H,4,12,18H2,1-3H3. The molecule has 0 heterocycles. The maximum absolute atomic E-state index is 5.86. The summed E-state index contributed by atoms with van der Waals surface area (Å²) >= 11 is 0. The van der Waals surface area contributed by atoms with Crippen LogP contribution in [0.1, 0.15) is 12.5 Å². The first kappa shape index (κ1) is 15.0. The predicted octanol–water partition coefficient (Wildman–Crippen LogP) is 3.31. The van der Waals surface area contributed by atoms with Crippen molar-refractivity contribution >= 4 is 11.4 Å². The Labute approximate surface area is 126 Å². The van der Waals surface area contributed by atoms with Gasteiger partial charge in [0.25, 0.3) is 0 Å². The first-order chi connectivity index (χ1) is 10.2. The molecule has 2 N–H and O–H groups in total. The number of hydrogen-bond acceptors (Lipinski definition) is 4. The third kappa shape index (κ3) is 3.60. The zero-order valence-electron chi connectivity index (χ0n) is 12.8. The number of nitrogens with two attached hydrogens (primary N) is 1. The number of benzene rings is 2. The molecule has 4 nitrogen and oxygen atoms in total. The second-order valence-electron chi connectivity index (χ2n) is 4.80. The SMILES string of the molecule is CCN(Cc1ccc(OC)c(OC)c1)c1cccc(N)c1. The summed E-state index contributed by atoms with van der Waals surface area (Å²) in [6.07, 6.45) is 0. The van der Waals surface area contributed by atoms with E-state index >= 15 is 0 Å². The monoisotopic (exact) mass is 286 g/mol. The van der Waals surface area contributed by atoms with Crippen molar-refractivity contribution in [2.75, 3.05) is 31.4 Å². The third-order valence-electron chi connectivity index (χ3n) is 3.44. The van der Waals surface area contributed by atoms with Crippen LogP contribution in [0, 0.1) is 0 Å². The van der Waals surface area contributed by atoms with Gasteiger partial charge in [0.2, 0.25) is 0 Å². The number of nitrogen functional groups attached to an aromatic ring is 1. The third-order valence-corrected chi connectivity index (χ3v) is 3.44. The van der Waals surface area contributed by atoms with Gasteiger partial charge < -0.3 is 20.1 Å². The van der Waals surface area contributed by atoms with Gasteiger partial charge in [-0.3, -0.25) is 0 Å². The number of nitrogens with zero attached hydrogens (tertiary/aromatic N) is 1. The zero-order valence-corrected chi connectivity index (χ0v) is 12.8. The van der Waals surface area contributed by atoms with E-state index in [0.717, 1.165) is 41.5 Å². The van der Waals surface area contributed by atoms with Crippen LogP contribution in [0.4, 0.5) is 11.4 Å². The Hall–Kier alpha value is -2.36. The van der Waals surface area contributed by atoms with Crippen LogP contribution >= 0.6 is 0 Å². The predicted molar refractivity (Wildman–Crippen MR) is 87.1 cm³/mol. The van der Waals surface area contributed by atoms with Gasteiger partial charge in [0, 0.05) is 24.5 Å². The van der Waals surface area contributed by atoms with Crippen molar-refractivity contribution in [3.8, 4) is 11.5 Å². The maximum atomic E-state index is 5.86. The Morgan fingerprint density at radius 3 is 2.38 bits per heavy atom. The molecule has 0 aliphatic heterocycles. The van der Waals surface area contributed by atoms with E-state index in [9.17, 15) is 0 Å². The molecule has 0 amide bonds. The first-order valence-electron chi connectivity index (χ1n) is 6.99. The molecule has 0 unspecified atom stereocenters. The number of ether oxygens (including phenoxy) is 2. The highest BCUT2D eigenvalue weighted by Gasteiger charge is 2.09. The molecule has 0 aliphatic carbocycles. The average molecular weight is 286 g/mol. The lowest BCUT2D eigenvalue weighted by Crippen LogP contribution is -2.22. The normalized spacial score (nSPS) is 10.2. The van der Waals surface area contributed by atoms with Gasteiger partial charge >= 0.3 is 0 Å². The van der Waals surface area contributed by atoms with Crippen molar-refractivity contribution in [1.29, 1.82) is 0 Å². The van der Waals surface area contributed by atoms with Gasteiger partial charge in [-0.05, 0) is 42.8 Å². The Morgan fingerprint density at radius 1 is 1.00 bits per heavy atom. The molecular weight excluding hydrogens is 264 g/mol. The van der Waals surface area contributed by atoms with Gasteiger partial charge in [-0.15, -0.1) is 0 Å². The number of rotatable bonds is 6. The summed E-state index contributed by atoms with van der Waals surface area (Å²) in [5, 5.41) is 0. The van der Waals surface area contributed by atoms with Crippen LogP contribution in [0.3, 0.4) is 0 Å². The number of hydrogen-bond donors (Lipinski definition) is 1. The fraction of sp³-hybridized carbons (Fsp3) is 0.294. The van der Waals surface area contributed by atoms with Crippen LogP contribution in [0.2, 0.25) is 0 Å². The van der Waals surface area contributed by atoms with Crippen LogP contribution in [0.15, 0.2) is 42.5 Å². The second-order valence-corrected chi connectivity index (χ2v) is 4.80. The molecule has 0 aliphatic rings. The maximum Gasteiger partial charge on any atom is 0.161 e. The lowest BCUT2D eigenvalue weighted by Gasteiger charge is -2.24. The summed E-state index contributed by atoms with van der Waals surface area (Å²) < 4.78 is 10.6. The molecule has 0 saturated carbocycles. The Bertz CT molecular complexity index is 599. The molecule has 0 radical (unpaired) electrons. The van der Waals surface area contributed by atoms with E-state index in [-0.39, 0.29) is 0 Å². The summed E-state index contributed by atoms with van der Waals surface area (Å²) in [5.41, 5.74) is 8.92. The van der Waals surface area contributed by atoms with E-state index in [4.69, 9.17) is 15.2 Å². The van der Waals surface area contributed by atoms with Crippen LogP contribution in [-0.4, -0.2) is 20.8 Å². The molecule has 0 saturated heterocycles. The summed E-state index contributed by atoms with van der Waals surface area (Å²) in [6, 6.07) is 13.9. The van der Waals surface area contributed by atoms with Crippen molar-refractivity contribution in [2.24, 2.45) is 0 Å². The molecule has 2 aromatic carbocycles. The molecule has 4 heteroatoms. The Kier molecular flexibility index (Phi) is 4.93. The Morgan fingerprint density at radius 2 is 1.76 bits per heavy atom. The van der Waals surface area contributed by atoms with Crippen LogP contribution in [0.25, 0.3) is 0 Å². The van der Waals surface area contributed by atoms with E-state index in [1.807, 2.05) is 30.3 Å². The van der Waals surface area contributed by atoms with Gasteiger partial charge in [0.15, 0.2) is 11.5 Å². The summed E-state index contributed by atoms with van der Waals surface area (Å²) in [7, 11) is 3.29. The molecule has 112 valence electrons. The minimum absolute atomic E-state index is 0.744. The highest BCUT2D eigenvalue weighted by molar-refractivity contribution is 5.56. The lowest BCUT2D eigenvalue weighted by molar-refractivity contribution is 0.354. The molecule has 0 aromatic heterocycles. The van der Waals surface area contributed by atoms with Gasteiger partial charge in [0.05, 0.1) is 14.2 Å². The smallest absolute Gasteiger partial charge is 0.161 e. The molecule has 2 aromatic rings. The van der Waals surface area contributed by atoms with E-state index in [2.05, 4.69) is 24.0 Å². The summed E-state index contributed by atoms with van der Waals surface area (Å²) in [6.45, 7) is 3.82. The van der Waals surface area contributed by atoms with Gasteiger partial charge in [-0.2, -0.15) is 0 Å². The van der Waals surface area contributed by atoms with Crippen LogP contribution in [-0.2, 0) is 6.54 Å². The van der Waals surface area contributed by atoms with Crippen molar-refractivity contribution in [1.82, 2.24) is 0 Å². The minimum atomic E-state index is 0.744. The molecule has 0 bridgehead atoms. The second kappa shape index (κ2) is 6.88. The largest absolute Gasteiger partial charge is 0.493 e. The molecule has 21 heavy (non-hydrogen) atoms. The van der Waals surface area contributed by atoms with Gasteiger partial charge in [-0.1, -0.05) is 12.1 Å². The van der Waals surface area contributed by atoms with Crippen LogP contribution < -0.4 is 20.1 Å². The highest BCUT2D eigenvalue weighted by atomic mass is 16.5. The Balaban J connectivity index is 2.22. The fourth-order valence-electron chi connectivity index (χ4n) is 2.31. The quantitative estimate of drug-likeness (QED) is 0.828. The van der Waals surface area contributed by atoms with E-state index in [1.54, 1.807) is 14.2 Å².